The molecule has 0 amide bonds. The van der Waals surface area contributed by atoms with Crippen molar-refractivity contribution in [3.63, 3.8) is 0 Å². The third kappa shape index (κ3) is 23.0. The van der Waals surface area contributed by atoms with Crippen LogP contribution in [-0.2, 0) is 36.6 Å². The quantitative estimate of drug-likeness (QED) is 0.0313. The Hall–Kier alpha value is -4.94. The molecule has 16 nitrogen and oxygen atoms in total. The number of benzene rings is 4. The number of nitrogens with two attached hydrogens (primary N) is 1. The Balaban J connectivity index is 0.000000485. The van der Waals surface area contributed by atoms with Crippen molar-refractivity contribution < 1.29 is 47.7 Å². The van der Waals surface area contributed by atoms with E-state index in [0.717, 1.165) is 17.3 Å². The van der Waals surface area contributed by atoms with Crippen LogP contribution in [0.2, 0.25) is 0 Å². The minimum atomic E-state index is -3.79. The van der Waals surface area contributed by atoms with Gasteiger partial charge in [0.15, 0.2) is 10.2 Å². The summed E-state index contributed by atoms with van der Waals surface area (Å²) in [5.74, 6) is 1.28. The number of aliphatic hydroxyl groups excluding tert-OH is 1. The van der Waals surface area contributed by atoms with E-state index in [9.17, 15) is 39.2 Å². The fraction of sp³-hybridized carbons (Fsp3) is 0.341. The maximum absolute atomic E-state index is 13.2. The average molecular weight is 889 g/mol. The highest BCUT2D eigenvalue weighted by Crippen LogP contribution is 2.45. The molecule has 4 aromatic rings. The molecule has 1 atom stereocenters. The van der Waals surface area contributed by atoms with Crippen molar-refractivity contribution in [2.24, 2.45) is 16.6 Å². The summed E-state index contributed by atoms with van der Waals surface area (Å²) < 4.78 is 28.7. The second-order valence-corrected chi connectivity index (χ2v) is 18.0. The minimum Gasteiger partial charge on any atom is -0.429 e. The number of nitrogens with one attached hydrogen (secondary N) is 1. The third-order valence-electron chi connectivity index (χ3n) is 7.03. The van der Waals surface area contributed by atoms with Crippen LogP contribution >= 0.6 is 31.3 Å². The summed E-state index contributed by atoms with van der Waals surface area (Å²) in [7, 11) is -3.79. The molecule has 19 heteroatoms. The molecular weight excluding hydrogens is 836 g/mol. The standard InChI is InChI=1S/C20H25N2O6PS.C7H5NO4.C7H9N.C7H14O2S/c1-20(2,3)19(23)30-14-13-27-29(26,21-15-16-7-5-4-6-8-16)28-18-11-9-17(10-12-18)22(24)25;9-5-12-7-3-1-6(2-4-7)8(10)11;8-6-7-4-2-1-3-5-7;1-7(2,3)6(9)10-5-4-8/h4-12H,13-15H2,1-3H3,(H,21,26);1-5H;1-5H,6,8H2;8H,4-5H2,1-3H3. The van der Waals surface area contributed by atoms with Gasteiger partial charge in [-0.05, 0) is 35.4 Å². The summed E-state index contributed by atoms with van der Waals surface area (Å²) >= 11 is 2.30. The van der Waals surface area contributed by atoms with Gasteiger partial charge in [0.25, 0.3) is 17.8 Å². The Bertz CT molecular complexity index is 1950. The summed E-state index contributed by atoms with van der Waals surface area (Å²) in [5.41, 5.74) is 6.52. The molecule has 60 heavy (non-hydrogen) atoms. The summed E-state index contributed by atoms with van der Waals surface area (Å²) in [6.45, 7) is 12.3. The number of nitro benzene ring substituents is 2. The van der Waals surface area contributed by atoms with E-state index in [1.807, 2.05) is 102 Å². The van der Waals surface area contributed by atoms with Crippen molar-refractivity contribution >= 4 is 59.3 Å². The van der Waals surface area contributed by atoms with Crippen molar-refractivity contribution in [3.05, 3.63) is 141 Å². The molecule has 0 saturated carbocycles. The molecule has 4 rings (SSSR count). The minimum absolute atomic E-state index is 0.00876. The van der Waals surface area contributed by atoms with Gasteiger partial charge in [-0.25, -0.2) is 9.65 Å². The van der Waals surface area contributed by atoms with Gasteiger partial charge in [-0.1, -0.05) is 126 Å². The van der Waals surface area contributed by atoms with Gasteiger partial charge in [-0.3, -0.25) is 39.1 Å². The van der Waals surface area contributed by atoms with Gasteiger partial charge in [0, 0.05) is 59.7 Å². The molecule has 0 aromatic heterocycles. The fourth-order valence-electron chi connectivity index (χ4n) is 3.83. The predicted molar refractivity (Wildman–Crippen MR) is 236 cm³/mol. The first-order valence-corrected chi connectivity index (χ1v) is 21.8. The van der Waals surface area contributed by atoms with Crippen LogP contribution in [0.5, 0.6) is 11.5 Å². The molecule has 4 N–H and O–H groups in total. The van der Waals surface area contributed by atoms with E-state index in [2.05, 4.69) is 9.82 Å². The second kappa shape index (κ2) is 27.7. The number of carbonyl (C=O) groups excluding carboxylic acids is 3. The molecule has 0 spiro atoms. The van der Waals surface area contributed by atoms with Crippen LogP contribution in [0.3, 0.4) is 0 Å². The van der Waals surface area contributed by atoms with E-state index in [1.165, 1.54) is 65.9 Å². The lowest BCUT2D eigenvalue weighted by Crippen LogP contribution is -2.19. The van der Waals surface area contributed by atoms with Gasteiger partial charge in [0.1, 0.15) is 11.5 Å². The monoisotopic (exact) mass is 888 g/mol. The van der Waals surface area contributed by atoms with Crippen molar-refractivity contribution in [1.29, 1.82) is 0 Å². The molecule has 0 saturated heterocycles. The van der Waals surface area contributed by atoms with Gasteiger partial charge in [-0.15, -0.1) is 0 Å². The SMILES string of the molecule is CC(C)(C)C(=O)SCCO.CC(C)(C)C(=O)SCCOP(=O)(NCc1ccccc1)Oc1ccc([N+](=O)[O-])cc1.NCc1ccccc1.O=COc1ccc([N+](=O)[O-])cc1. The summed E-state index contributed by atoms with van der Waals surface area (Å²) in [5, 5.41) is 32.3. The number of hydrogen-bond acceptors (Lipinski definition) is 15. The van der Waals surface area contributed by atoms with Gasteiger partial charge in [0.2, 0.25) is 0 Å². The lowest BCUT2D eigenvalue weighted by atomic mass is 9.99. The molecule has 0 aliphatic carbocycles. The summed E-state index contributed by atoms with van der Waals surface area (Å²) in [6, 6.07) is 29.8. The number of nitrogens with zero attached hydrogens (tertiary/aromatic N) is 2. The van der Waals surface area contributed by atoms with Crippen molar-refractivity contribution in [2.45, 2.75) is 54.6 Å². The number of non-ortho nitro benzene ring substituents is 2. The second-order valence-electron chi connectivity index (χ2n) is 14.1. The zero-order valence-electron chi connectivity index (χ0n) is 34.4. The van der Waals surface area contributed by atoms with Crippen LogP contribution in [0.15, 0.2) is 109 Å². The smallest absolute Gasteiger partial charge is 0.429 e. The van der Waals surface area contributed by atoms with Crippen LogP contribution in [0.4, 0.5) is 11.4 Å². The molecule has 4 aromatic carbocycles. The lowest BCUT2D eigenvalue weighted by Gasteiger charge is -2.20. The summed E-state index contributed by atoms with van der Waals surface area (Å²) in [6.07, 6.45) is 0. The van der Waals surface area contributed by atoms with E-state index >= 15 is 0 Å². The third-order valence-corrected chi connectivity index (χ3v) is 11.1. The van der Waals surface area contributed by atoms with Gasteiger partial charge in [-0.2, -0.15) is 0 Å². The maximum Gasteiger partial charge on any atom is 0.459 e. The van der Waals surface area contributed by atoms with Crippen LogP contribution in [0, 0.1) is 31.1 Å². The number of aliphatic hydroxyl groups is 1. The number of thioether (sulfide) groups is 2. The zero-order chi connectivity index (χ0) is 45.2. The Kier molecular flexibility index (Phi) is 24.5. The van der Waals surface area contributed by atoms with Gasteiger partial charge < -0.3 is 20.1 Å². The molecule has 0 radical (unpaired) electrons. The van der Waals surface area contributed by atoms with Crippen LogP contribution < -0.4 is 20.1 Å². The van der Waals surface area contributed by atoms with Crippen LogP contribution in [-0.4, -0.2) is 56.4 Å². The van der Waals surface area contributed by atoms with Crippen molar-refractivity contribution in [2.75, 3.05) is 24.7 Å². The van der Waals surface area contributed by atoms with E-state index in [0.29, 0.717) is 18.1 Å². The highest BCUT2D eigenvalue weighted by Gasteiger charge is 2.28. The zero-order valence-corrected chi connectivity index (χ0v) is 36.9. The van der Waals surface area contributed by atoms with E-state index in [-0.39, 0.29) is 64.8 Å². The molecule has 0 aliphatic rings. The number of nitro groups is 2. The van der Waals surface area contributed by atoms with Crippen LogP contribution in [0.25, 0.3) is 0 Å². The highest BCUT2D eigenvalue weighted by atomic mass is 32.2. The molecule has 326 valence electrons. The van der Waals surface area contributed by atoms with Gasteiger partial charge >= 0.3 is 7.75 Å². The first-order chi connectivity index (χ1) is 28.2. The Morgan fingerprint density at radius 1 is 0.733 bits per heavy atom. The molecular formula is C41H53N4O12PS2. The molecule has 0 aliphatic heterocycles. The Labute approximate surface area is 358 Å². The largest absolute Gasteiger partial charge is 0.459 e. The molecule has 0 bridgehead atoms. The topological polar surface area (TPSA) is 241 Å². The van der Waals surface area contributed by atoms with E-state index in [1.54, 1.807) is 0 Å². The fourth-order valence-corrected chi connectivity index (χ4v) is 6.77. The molecule has 0 heterocycles. The van der Waals surface area contributed by atoms with Crippen molar-refractivity contribution in [3.8, 4) is 11.5 Å². The number of hydrogen-bond donors (Lipinski definition) is 3. The molecule has 0 fully saturated rings. The number of ether oxygens (including phenoxy) is 1. The van der Waals surface area contributed by atoms with E-state index < -0.39 is 23.0 Å². The Morgan fingerprint density at radius 2 is 1.17 bits per heavy atom. The highest BCUT2D eigenvalue weighted by molar-refractivity contribution is 8.14. The van der Waals surface area contributed by atoms with Crippen molar-refractivity contribution in [1.82, 2.24) is 5.09 Å². The summed E-state index contributed by atoms with van der Waals surface area (Å²) in [4.78, 5) is 52.8. The maximum atomic E-state index is 13.2. The van der Waals surface area contributed by atoms with Gasteiger partial charge in [0.05, 0.1) is 23.1 Å². The first kappa shape index (κ1) is 53.1. The normalized spacial score (nSPS) is 11.7. The number of carbonyl (C=O) groups is 3. The van der Waals surface area contributed by atoms with E-state index in [4.69, 9.17) is 19.9 Å². The predicted octanol–water partition coefficient (Wildman–Crippen LogP) is 8.75. The number of rotatable bonds is 16. The lowest BCUT2D eigenvalue weighted by molar-refractivity contribution is -0.385. The van der Waals surface area contributed by atoms with Crippen LogP contribution in [0.1, 0.15) is 52.7 Å². The average Bonchev–Trinajstić information content (AvgIpc) is 3.22. The first-order valence-electron chi connectivity index (χ1n) is 18.3. The Morgan fingerprint density at radius 3 is 1.55 bits per heavy atom. The molecule has 1 unspecified atom stereocenters.